The van der Waals surface area contributed by atoms with Crippen LogP contribution in [0.15, 0.2) is 48.7 Å². The highest BCUT2D eigenvalue weighted by atomic mass is 35.5. The lowest BCUT2D eigenvalue weighted by molar-refractivity contribution is -0.152. The molecule has 1 aromatic heterocycles. The van der Waals surface area contributed by atoms with E-state index in [9.17, 15) is 9.59 Å². The number of nitrogens with two attached hydrogens (primary N) is 1. The maximum Gasteiger partial charge on any atom is 0.325 e. The predicted molar refractivity (Wildman–Crippen MR) is 152 cm³/mol. The quantitative estimate of drug-likeness (QED) is 0.397. The van der Waals surface area contributed by atoms with Crippen LogP contribution in [-0.2, 0) is 22.4 Å². The van der Waals surface area contributed by atoms with Crippen LogP contribution in [0, 0.1) is 0 Å². The van der Waals surface area contributed by atoms with Gasteiger partial charge in [0.1, 0.15) is 18.0 Å². The molecule has 10 heteroatoms. The van der Waals surface area contributed by atoms with Crippen LogP contribution in [0.1, 0.15) is 47.3 Å². The summed E-state index contributed by atoms with van der Waals surface area (Å²) in [5, 5.41) is 4.40. The van der Waals surface area contributed by atoms with Crippen molar-refractivity contribution in [3.05, 3.63) is 75.5 Å². The minimum absolute atomic E-state index is 0.00353. The highest BCUT2D eigenvalue weighted by Crippen LogP contribution is 2.27. The summed E-state index contributed by atoms with van der Waals surface area (Å²) in [6.45, 7) is 1.35. The Balaban J connectivity index is 1.23. The van der Waals surface area contributed by atoms with Crippen molar-refractivity contribution >= 4 is 40.9 Å². The van der Waals surface area contributed by atoms with E-state index in [2.05, 4.69) is 10.3 Å². The molecule has 1 saturated carbocycles. The van der Waals surface area contributed by atoms with Gasteiger partial charge in [0, 0.05) is 40.8 Å². The zero-order chi connectivity index (χ0) is 27.4. The Hall–Kier alpha value is -3.20. The molecule has 1 unspecified atom stereocenters. The topological polar surface area (TPSA) is 110 Å². The second-order valence-corrected chi connectivity index (χ2v) is 10.8. The average Bonchev–Trinajstić information content (AvgIpc) is 3.46. The number of aromatic nitrogens is 2. The Morgan fingerprint density at radius 3 is 2.49 bits per heavy atom. The van der Waals surface area contributed by atoms with Crippen molar-refractivity contribution in [2.24, 2.45) is 0 Å². The van der Waals surface area contributed by atoms with Gasteiger partial charge in [-0.25, -0.2) is 9.97 Å². The lowest BCUT2D eigenvalue weighted by Crippen LogP contribution is -2.56. The molecule has 0 spiro atoms. The SMILES string of the molecule is Nc1ncc(-c2ccc(C(=O)N3CCNC(C(=O)OC4CCCC4)C3)cc2)nc1CCc1c(Cl)cccc1Cl. The predicted octanol–water partition coefficient (Wildman–Crippen LogP) is 4.72. The molecule has 1 atom stereocenters. The zero-order valence-corrected chi connectivity index (χ0v) is 23.0. The summed E-state index contributed by atoms with van der Waals surface area (Å²) in [6.07, 6.45) is 6.76. The molecule has 39 heavy (non-hydrogen) atoms. The van der Waals surface area contributed by atoms with Gasteiger partial charge in [-0.15, -0.1) is 0 Å². The summed E-state index contributed by atoms with van der Waals surface area (Å²) < 4.78 is 5.65. The maximum atomic E-state index is 13.2. The van der Waals surface area contributed by atoms with Gasteiger partial charge in [-0.05, 0) is 68.4 Å². The molecular weight excluding hydrogens is 537 g/mol. The first-order valence-electron chi connectivity index (χ1n) is 13.3. The smallest absolute Gasteiger partial charge is 0.325 e. The van der Waals surface area contributed by atoms with Crippen molar-refractivity contribution in [1.82, 2.24) is 20.2 Å². The van der Waals surface area contributed by atoms with E-state index in [0.29, 0.717) is 58.7 Å². The molecule has 2 aromatic carbocycles. The van der Waals surface area contributed by atoms with E-state index < -0.39 is 6.04 Å². The van der Waals surface area contributed by atoms with Crippen molar-refractivity contribution < 1.29 is 14.3 Å². The third-order valence-corrected chi connectivity index (χ3v) is 8.02. The van der Waals surface area contributed by atoms with Crippen molar-refractivity contribution in [1.29, 1.82) is 0 Å². The third kappa shape index (κ3) is 6.52. The number of ether oxygens (including phenoxy) is 1. The molecule has 0 bridgehead atoms. The number of carbonyl (C=O) groups excluding carboxylic acids is 2. The standard InChI is InChI=1S/C29H31Cl2N5O3/c30-22-6-3-7-23(31)21(22)12-13-24-27(32)34-16-25(35-24)18-8-10-19(11-9-18)28(37)36-15-14-33-26(17-36)29(38)39-20-4-1-2-5-20/h3,6-11,16,20,26,33H,1-2,4-5,12-15,17H2,(H2,32,34). The minimum Gasteiger partial charge on any atom is -0.461 e. The monoisotopic (exact) mass is 567 g/mol. The first-order valence-corrected chi connectivity index (χ1v) is 14.0. The summed E-state index contributed by atoms with van der Waals surface area (Å²) >= 11 is 12.6. The molecule has 8 nitrogen and oxygen atoms in total. The van der Waals surface area contributed by atoms with Crippen LogP contribution >= 0.6 is 23.2 Å². The van der Waals surface area contributed by atoms with Crippen LogP contribution in [-0.4, -0.2) is 58.5 Å². The van der Waals surface area contributed by atoms with Gasteiger partial charge in [0.2, 0.25) is 0 Å². The van der Waals surface area contributed by atoms with E-state index in [1.54, 1.807) is 35.4 Å². The fourth-order valence-electron chi connectivity index (χ4n) is 5.09. The fraction of sp³-hybridized carbons (Fsp3) is 0.379. The van der Waals surface area contributed by atoms with Crippen LogP contribution in [0.4, 0.5) is 5.82 Å². The molecule has 1 aliphatic carbocycles. The van der Waals surface area contributed by atoms with E-state index >= 15 is 0 Å². The lowest BCUT2D eigenvalue weighted by Gasteiger charge is -2.33. The number of benzene rings is 2. The van der Waals surface area contributed by atoms with Crippen molar-refractivity contribution in [3.8, 4) is 11.3 Å². The molecule has 2 aliphatic rings. The Bertz CT molecular complexity index is 1320. The summed E-state index contributed by atoms with van der Waals surface area (Å²) in [7, 11) is 0. The second kappa shape index (κ2) is 12.3. The number of nitrogens with zero attached hydrogens (tertiary/aromatic N) is 3. The number of hydrogen-bond acceptors (Lipinski definition) is 7. The van der Waals surface area contributed by atoms with Crippen LogP contribution in [0.3, 0.4) is 0 Å². The molecular formula is C29H31Cl2N5O3. The number of nitrogen functional groups attached to an aromatic ring is 1. The maximum absolute atomic E-state index is 13.2. The van der Waals surface area contributed by atoms with E-state index in [4.69, 9.17) is 38.7 Å². The number of anilines is 1. The van der Waals surface area contributed by atoms with Gasteiger partial charge in [-0.1, -0.05) is 41.4 Å². The van der Waals surface area contributed by atoms with E-state index in [0.717, 1.165) is 36.8 Å². The molecule has 3 N–H and O–H groups in total. The Kier molecular flexibility index (Phi) is 8.65. The number of aryl methyl sites for hydroxylation is 1. The fourth-order valence-corrected chi connectivity index (χ4v) is 5.67. The van der Waals surface area contributed by atoms with Crippen molar-refractivity contribution in [2.45, 2.75) is 50.7 Å². The highest BCUT2D eigenvalue weighted by molar-refractivity contribution is 6.36. The van der Waals surface area contributed by atoms with E-state index in [1.807, 2.05) is 18.2 Å². The molecule has 2 heterocycles. The largest absolute Gasteiger partial charge is 0.461 e. The van der Waals surface area contributed by atoms with Crippen LogP contribution in [0.2, 0.25) is 10.0 Å². The van der Waals surface area contributed by atoms with Crippen LogP contribution in [0.25, 0.3) is 11.3 Å². The van der Waals surface area contributed by atoms with Crippen LogP contribution < -0.4 is 11.1 Å². The molecule has 5 rings (SSSR count). The van der Waals surface area contributed by atoms with Gasteiger partial charge in [0.05, 0.1) is 17.6 Å². The lowest BCUT2D eigenvalue weighted by atomic mass is 10.1. The molecule has 2 fully saturated rings. The molecule has 1 saturated heterocycles. The molecule has 0 radical (unpaired) electrons. The number of hydrogen-bond donors (Lipinski definition) is 2. The van der Waals surface area contributed by atoms with Crippen molar-refractivity contribution in [3.63, 3.8) is 0 Å². The Morgan fingerprint density at radius 1 is 1.05 bits per heavy atom. The number of amides is 1. The first-order chi connectivity index (χ1) is 18.9. The summed E-state index contributed by atoms with van der Waals surface area (Å²) in [6, 6.07) is 12.1. The first kappa shape index (κ1) is 27.4. The zero-order valence-electron chi connectivity index (χ0n) is 21.5. The van der Waals surface area contributed by atoms with Gasteiger partial charge in [-0.2, -0.15) is 0 Å². The Labute approximate surface area is 237 Å². The van der Waals surface area contributed by atoms with Crippen LogP contribution in [0.5, 0.6) is 0 Å². The normalized spacial score (nSPS) is 17.8. The number of carbonyl (C=O) groups is 2. The highest BCUT2D eigenvalue weighted by Gasteiger charge is 2.31. The molecule has 3 aromatic rings. The molecule has 204 valence electrons. The second-order valence-electron chi connectivity index (χ2n) is 9.97. The summed E-state index contributed by atoms with van der Waals surface area (Å²) in [5.41, 5.74) is 9.61. The van der Waals surface area contributed by atoms with Gasteiger partial charge in [-0.3, -0.25) is 9.59 Å². The Morgan fingerprint density at radius 2 is 1.77 bits per heavy atom. The van der Waals surface area contributed by atoms with Gasteiger partial charge < -0.3 is 20.7 Å². The van der Waals surface area contributed by atoms with Gasteiger partial charge in [0.25, 0.3) is 5.91 Å². The number of piperazine rings is 1. The van der Waals surface area contributed by atoms with Gasteiger partial charge >= 0.3 is 5.97 Å². The van der Waals surface area contributed by atoms with E-state index in [-0.39, 0.29) is 24.5 Å². The van der Waals surface area contributed by atoms with Gasteiger partial charge in [0.15, 0.2) is 0 Å². The number of nitrogens with one attached hydrogen (secondary N) is 1. The number of esters is 1. The summed E-state index contributed by atoms with van der Waals surface area (Å²) in [4.78, 5) is 36.6. The van der Waals surface area contributed by atoms with Crippen molar-refractivity contribution in [2.75, 3.05) is 25.4 Å². The minimum atomic E-state index is -0.508. The summed E-state index contributed by atoms with van der Waals surface area (Å²) in [5.74, 6) is -0.0415. The molecule has 1 amide bonds. The third-order valence-electron chi connectivity index (χ3n) is 7.31. The number of rotatable bonds is 7. The average molecular weight is 569 g/mol. The molecule has 1 aliphatic heterocycles. The number of halogens is 2. The van der Waals surface area contributed by atoms with E-state index in [1.165, 1.54) is 0 Å².